The third kappa shape index (κ3) is 5.74. The number of anilines is 1. The average Bonchev–Trinajstić information content (AvgIpc) is 2.72. The zero-order valence-corrected chi connectivity index (χ0v) is 13.6. The Kier molecular flexibility index (Phi) is 5.75. The Morgan fingerprint density at radius 2 is 2.00 bits per heavy atom. The minimum Gasteiger partial charge on any atom is -0.468 e. The van der Waals surface area contributed by atoms with Crippen molar-refractivity contribution in [2.24, 2.45) is 0 Å². The normalized spacial score (nSPS) is 12.7. The summed E-state index contributed by atoms with van der Waals surface area (Å²) in [4.78, 5) is 22.9. The van der Waals surface area contributed by atoms with Gasteiger partial charge in [0.15, 0.2) is 4.34 Å². The monoisotopic (exact) mass is 318 g/mol. The number of carbonyl (C=O) groups is 2. The predicted molar refractivity (Wildman–Crippen MR) is 79.2 cm³/mol. The van der Waals surface area contributed by atoms with Crippen LogP contribution < -0.4 is 10.6 Å². The van der Waals surface area contributed by atoms with E-state index in [1.54, 1.807) is 6.92 Å². The highest BCUT2D eigenvalue weighted by Crippen LogP contribution is 2.29. The van der Waals surface area contributed by atoms with E-state index in [1.807, 2.05) is 20.8 Å². The molecule has 0 aliphatic carbocycles. The topological polar surface area (TPSA) is 93.2 Å². The number of rotatable bonds is 4. The highest BCUT2D eigenvalue weighted by molar-refractivity contribution is 8.02. The van der Waals surface area contributed by atoms with Gasteiger partial charge in [0, 0.05) is 5.54 Å². The van der Waals surface area contributed by atoms with Gasteiger partial charge in [-0.25, -0.2) is 4.79 Å². The summed E-state index contributed by atoms with van der Waals surface area (Å²) in [6.45, 7) is 7.36. The van der Waals surface area contributed by atoms with Gasteiger partial charge in [-0.2, -0.15) is 0 Å². The third-order valence-electron chi connectivity index (χ3n) is 1.93. The van der Waals surface area contributed by atoms with E-state index < -0.39 is 0 Å². The fourth-order valence-electron chi connectivity index (χ4n) is 1.14. The fourth-order valence-corrected chi connectivity index (χ4v) is 3.06. The second-order valence-electron chi connectivity index (χ2n) is 4.99. The van der Waals surface area contributed by atoms with Gasteiger partial charge in [-0.15, -0.1) is 10.2 Å². The van der Waals surface area contributed by atoms with E-state index in [0.717, 1.165) is 0 Å². The molecule has 0 unspecified atom stereocenters. The van der Waals surface area contributed by atoms with Crippen LogP contribution in [0.1, 0.15) is 27.7 Å². The molecule has 1 atom stereocenters. The first-order valence-corrected chi connectivity index (χ1v) is 7.58. The highest BCUT2D eigenvalue weighted by atomic mass is 32.2. The maximum Gasteiger partial charge on any atom is 0.321 e. The molecule has 0 aliphatic rings. The summed E-state index contributed by atoms with van der Waals surface area (Å²) in [5.74, 6) is -0.329. The number of esters is 1. The molecule has 0 saturated carbocycles. The molecule has 1 aromatic heterocycles. The van der Waals surface area contributed by atoms with Crippen LogP contribution >= 0.6 is 23.1 Å². The number of nitrogens with one attached hydrogen (secondary N) is 2. The SMILES string of the molecule is COC(=O)[C@H](C)Sc1nnc(NC(=O)NC(C)(C)C)s1. The van der Waals surface area contributed by atoms with E-state index in [-0.39, 0.29) is 22.8 Å². The molecule has 0 aromatic carbocycles. The lowest BCUT2D eigenvalue weighted by Crippen LogP contribution is -2.43. The first-order chi connectivity index (χ1) is 9.21. The molecule has 112 valence electrons. The Morgan fingerprint density at radius 1 is 1.35 bits per heavy atom. The van der Waals surface area contributed by atoms with E-state index in [0.29, 0.717) is 9.47 Å². The largest absolute Gasteiger partial charge is 0.468 e. The Labute approximate surface area is 125 Å². The van der Waals surface area contributed by atoms with Crippen molar-refractivity contribution >= 4 is 40.2 Å². The molecule has 0 spiro atoms. The minimum absolute atomic E-state index is 0.328. The molecule has 9 heteroatoms. The van der Waals surface area contributed by atoms with Gasteiger partial charge in [0.25, 0.3) is 0 Å². The fraction of sp³-hybridized carbons (Fsp3) is 0.636. The molecule has 7 nitrogen and oxygen atoms in total. The maximum absolute atomic E-state index is 11.6. The van der Waals surface area contributed by atoms with Crippen LogP contribution in [0.5, 0.6) is 0 Å². The lowest BCUT2D eigenvalue weighted by Gasteiger charge is -2.19. The maximum atomic E-state index is 11.6. The molecule has 0 bridgehead atoms. The van der Waals surface area contributed by atoms with E-state index in [9.17, 15) is 9.59 Å². The summed E-state index contributed by atoms with van der Waals surface area (Å²) in [6, 6.07) is -0.341. The molecule has 0 saturated heterocycles. The molecule has 1 aromatic rings. The van der Waals surface area contributed by atoms with Crippen molar-refractivity contribution in [2.75, 3.05) is 12.4 Å². The number of hydrogen-bond acceptors (Lipinski definition) is 7. The van der Waals surface area contributed by atoms with Crippen molar-refractivity contribution in [3.05, 3.63) is 0 Å². The summed E-state index contributed by atoms with van der Waals surface area (Å²) in [5, 5.41) is 13.1. The standard InChI is InChI=1S/C11H18N4O3S2/c1-6(7(16)18-5)19-10-15-14-9(20-10)12-8(17)13-11(2,3)4/h6H,1-5H3,(H2,12,13,14,17)/t6-/m0/s1. The molecule has 1 heterocycles. The molecular weight excluding hydrogens is 300 g/mol. The summed E-state index contributed by atoms with van der Waals surface area (Å²) >= 11 is 2.44. The zero-order valence-electron chi connectivity index (χ0n) is 12.0. The van der Waals surface area contributed by atoms with Crippen LogP contribution in [0.15, 0.2) is 4.34 Å². The van der Waals surface area contributed by atoms with Crippen LogP contribution in [0.4, 0.5) is 9.93 Å². The van der Waals surface area contributed by atoms with Crippen LogP contribution in [-0.2, 0) is 9.53 Å². The number of carbonyl (C=O) groups excluding carboxylic acids is 2. The van der Waals surface area contributed by atoms with Gasteiger partial charge < -0.3 is 10.1 Å². The molecule has 20 heavy (non-hydrogen) atoms. The Bertz CT molecular complexity index is 484. The number of urea groups is 1. The Morgan fingerprint density at radius 3 is 2.55 bits per heavy atom. The molecule has 0 aliphatic heterocycles. The molecule has 2 N–H and O–H groups in total. The smallest absolute Gasteiger partial charge is 0.321 e. The summed E-state index contributed by atoms with van der Waals surface area (Å²) < 4.78 is 5.22. The number of nitrogens with zero attached hydrogens (tertiary/aromatic N) is 2. The van der Waals surface area contributed by atoms with E-state index in [2.05, 4.69) is 25.6 Å². The van der Waals surface area contributed by atoms with Crippen LogP contribution in [0.3, 0.4) is 0 Å². The van der Waals surface area contributed by atoms with Gasteiger partial charge in [-0.1, -0.05) is 23.1 Å². The van der Waals surface area contributed by atoms with Gasteiger partial charge >= 0.3 is 12.0 Å². The van der Waals surface area contributed by atoms with E-state index in [4.69, 9.17) is 0 Å². The number of ether oxygens (including phenoxy) is 1. The second kappa shape index (κ2) is 6.89. The van der Waals surface area contributed by atoms with Crippen molar-refractivity contribution in [2.45, 2.75) is 42.8 Å². The Balaban J connectivity index is 2.55. The zero-order chi connectivity index (χ0) is 15.3. The van der Waals surface area contributed by atoms with Crippen LogP contribution in [0.2, 0.25) is 0 Å². The second-order valence-corrected chi connectivity index (χ2v) is 7.55. The number of hydrogen-bond donors (Lipinski definition) is 2. The number of aromatic nitrogens is 2. The van der Waals surface area contributed by atoms with Crippen molar-refractivity contribution in [1.29, 1.82) is 0 Å². The van der Waals surface area contributed by atoms with E-state index in [1.165, 1.54) is 30.2 Å². The van der Waals surface area contributed by atoms with Crippen molar-refractivity contribution in [3.63, 3.8) is 0 Å². The number of methoxy groups -OCH3 is 1. The van der Waals surface area contributed by atoms with E-state index >= 15 is 0 Å². The summed E-state index contributed by atoms with van der Waals surface area (Å²) in [7, 11) is 1.34. The first-order valence-electron chi connectivity index (χ1n) is 5.88. The number of thioether (sulfide) groups is 1. The molecule has 0 fully saturated rings. The van der Waals surface area contributed by atoms with Crippen molar-refractivity contribution in [3.8, 4) is 0 Å². The van der Waals surface area contributed by atoms with Gasteiger partial charge in [-0.3, -0.25) is 10.1 Å². The van der Waals surface area contributed by atoms with Crippen LogP contribution in [-0.4, -0.2) is 40.1 Å². The Hall–Kier alpha value is -1.35. The third-order valence-corrected chi connectivity index (χ3v) is 3.93. The van der Waals surface area contributed by atoms with Crippen molar-refractivity contribution < 1.29 is 14.3 Å². The summed E-state index contributed by atoms with van der Waals surface area (Å²) in [5.41, 5.74) is -0.328. The van der Waals surface area contributed by atoms with Crippen LogP contribution in [0.25, 0.3) is 0 Å². The highest BCUT2D eigenvalue weighted by Gasteiger charge is 2.19. The predicted octanol–water partition coefficient (Wildman–Crippen LogP) is 2.11. The quantitative estimate of drug-likeness (QED) is 0.502. The first kappa shape index (κ1) is 16.7. The average molecular weight is 318 g/mol. The molecular formula is C11H18N4O3S2. The molecule has 1 rings (SSSR count). The molecule has 0 radical (unpaired) electrons. The lowest BCUT2D eigenvalue weighted by molar-refractivity contribution is -0.139. The molecule has 2 amide bonds. The summed E-state index contributed by atoms with van der Waals surface area (Å²) in [6.07, 6.45) is 0. The van der Waals surface area contributed by atoms with Gasteiger partial charge in [0.1, 0.15) is 5.25 Å². The number of amides is 2. The van der Waals surface area contributed by atoms with Gasteiger partial charge in [0.2, 0.25) is 5.13 Å². The van der Waals surface area contributed by atoms with Gasteiger partial charge in [-0.05, 0) is 27.7 Å². The van der Waals surface area contributed by atoms with Crippen molar-refractivity contribution in [1.82, 2.24) is 15.5 Å². The van der Waals surface area contributed by atoms with Crippen LogP contribution in [0, 0.1) is 0 Å². The van der Waals surface area contributed by atoms with Gasteiger partial charge in [0.05, 0.1) is 7.11 Å². The lowest BCUT2D eigenvalue weighted by atomic mass is 10.1. The minimum atomic E-state index is -0.371.